The van der Waals surface area contributed by atoms with Crippen LogP contribution < -0.4 is 15.4 Å². The molecule has 0 unspecified atom stereocenters. The number of anilines is 2. The fourth-order valence-corrected chi connectivity index (χ4v) is 2.34. The molecule has 0 radical (unpaired) electrons. The Kier molecular flexibility index (Phi) is 4.00. The number of ether oxygens (including phenoxy) is 1. The van der Waals surface area contributed by atoms with E-state index in [9.17, 15) is 0 Å². The van der Waals surface area contributed by atoms with Crippen molar-refractivity contribution in [2.75, 3.05) is 23.7 Å². The van der Waals surface area contributed by atoms with E-state index in [0.29, 0.717) is 0 Å². The number of benzene rings is 1. The first kappa shape index (κ1) is 13.1. The van der Waals surface area contributed by atoms with Crippen LogP contribution >= 0.6 is 0 Å². The number of rotatable bonds is 3. The first-order valence-corrected chi connectivity index (χ1v) is 6.87. The number of piperidine rings is 1. The molecule has 0 amide bonds. The number of nitrogens with zero attached hydrogens (tertiary/aromatic N) is 1. The van der Waals surface area contributed by atoms with E-state index in [1.807, 2.05) is 19.9 Å². The molecule has 2 rings (SSSR count). The molecule has 1 fully saturated rings. The van der Waals surface area contributed by atoms with Crippen LogP contribution in [0.15, 0.2) is 18.2 Å². The Hall–Kier alpha value is -1.38. The predicted octanol–water partition coefficient (Wildman–Crippen LogP) is 3.29. The van der Waals surface area contributed by atoms with Gasteiger partial charge in [0.05, 0.1) is 11.8 Å². The maximum atomic E-state index is 5.95. The Bertz CT molecular complexity index is 395. The van der Waals surface area contributed by atoms with E-state index in [1.54, 1.807) is 0 Å². The van der Waals surface area contributed by atoms with Gasteiger partial charge in [-0.05, 0) is 44.7 Å². The van der Waals surface area contributed by atoms with E-state index >= 15 is 0 Å². The molecule has 3 nitrogen and oxygen atoms in total. The first-order chi connectivity index (χ1) is 8.56. The summed E-state index contributed by atoms with van der Waals surface area (Å²) < 4.78 is 5.75. The van der Waals surface area contributed by atoms with Crippen LogP contribution in [0.2, 0.25) is 0 Å². The van der Waals surface area contributed by atoms with E-state index in [2.05, 4.69) is 24.0 Å². The molecule has 0 aliphatic carbocycles. The molecule has 18 heavy (non-hydrogen) atoms. The molecule has 1 aromatic carbocycles. The van der Waals surface area contributed by atoms with Crippen molar-refractivity contribution in [3.63, 3.8) is 0 Å². The lowest BCUT2D eigenvalue weighted by molar-refractivity contribution is 0.244. The van der Waals surface area contributed by atoms with Gasteiger partial charge in [-0.3, -0.25) is 0 Å². The fourth-order valence-electron chi connectivity index (χ4n) is 2.34. The van der Waals surface area contributed by atoms with Crippen LogP contribution in [0.3, 0.4) is 0 Å². The minimum absolute atomic E-state index is 0.156. The summed E-state index contributed by atoms with van der Waals surface area (Å²) in [4.78, 5) is 2.42. The summed E-state index contributed by atoms with van der Waals surface area (Å²) in [6.07, 6.45) is 2.69. The second-order valence-electron chi connectivity index (χ2n) is 5.56. The summed E-state index contributed by atoms with van der Waals surface area (Å²) in [7, 11) is 0. The molecule has 0 spiro atoms. The van der Waals surface area contributed by atoms with Crippen molar-refractivity contribution < 1.29 is 4.74 Å². The second kappa shape index (κ2) is 5.51. The van der Waals surface area contributed by atoms with E-state index in [4.69, 9.17) is 10.5 Å². The lowest BCUT2D eigenvalue weighted by Gasteiger charge is -2.32. The van der Waals surface area contributed by atoms with Crippen LogP contribution in [0, 0.1) is 5.92 Å². The highest BCUT2D eigenvalue weighted by molar-refractivity contribution is 5.62. The lowest BCUT2D eigenvalue weighted by Crippen LogP contribution is -2.32. The summed E-state index contributed by atoms with van der Waals surface area (Å²) in [6, 6.07) is 6.12. The van der Waals surface area contributed by atoms with Gasteiger partial charge in [0.25, 0.3) is 0 Å². The van der Waals surface area contributed by atoms with Gasteiger partial charge in [0, 0.05) is 24.8 Å². The average molecular weight is 248 g/mol. The Morgan fingerprint density at radius 2 is 1.94 bits per heavy atom. The molecule has 0 atom stereocenters. The molecule has 1 aliphatic heterocycles. The molecule has 3 heteroatoms. The Morgan fingerprint density at radius 3 is 2.56 bits per heavy atom. The summed E-state index contributed by atoms with van der Waals surface area (Å²) in [5.74, 6) is 1.66. The minimum Gasteiger partial charge on any atom is -0.489 e. The zero-order chi connectivity index (χ0) is 13.1. The van der Waals surface area contributed by atoms with E-state index < -0.39 is 0 Å². The van der Waals surface area contributed by atoms with Crippen LogP contribution in [0.4, 0.5) is 11.4 Å². The van der Waals surface area contributed by atoms with E-state index in [-0.39, 0.29) is 6.10 Å². The van der Waals surface area contributed by atoms with Crippen LogP contribution in [0.5, 0.6) is 5.75 Å². The third-order valence-electron chi connectivity index (χ3n) is 3.51. The van der Waals surface area contributed by atoms with Crippen LogP contribution in [-0.2, 0) is 0 Å². The van der Waals surface area contributed by atoms with Gasteiger partial charge < -0.3 is 15.4 Å². The SMILES string of the molecule is CC1CCN(c2ccc(N)c(OC(C)C)c2)CC1. The highest BCUT2D eigenvalue weighted by Gasteiger charge is 2.17. The molecular weight excluding hydrogens is 224 g/mol. The Labute approximate surface area is 110 Å². The lowest BCUT2D eigenvalue weighted by atomic mass is 9.99. The number of hydrogen-bond donors (Lipinski definition) is 1. The van der Waals surface area contributed by atoms with Crippen LogP contribution in [-0.4, -0.2) is 19.2 Å². The van der Waals surface area contributed by atoms with Crippen molar-refractivity contribution in [1.29, 1.82) is 0 Å². The molecule has 0 saturated carbocycles. The van der Waals surface area contributed by atoms with Crippen LogP contribution in [0.1, 0.15) is 33.6 Å². The van der Waals surface area contributed by atoms with Crippen molar-refractivity contribution in [1.82, 2.24) is 0 Å². The molecule has 1 aromatic rings. The summed E-state index contributed by atoms with van der Waals surface area (Å²) in [5, 5.41) is 0. The van der Waals surface area contributed by atoms with Crippen molar-refractivity contribution in [2.24, 2.45) is 5.92 Å². The maximum Gasteiger partial charge on any atom is 0.144 e. The minimum atomic E-state index is 0.156. The van der Waals surface area contributed by atoms with Gasteiger partial charge in [-0.2, -0.15) is 0 Å². The van der Waals surface area contributed by atoms with E-state index in [1.165, 1.54) is 18.5 Å². The second-order valence-corrected chi connectivity index (χ2v) is 5.56. The van der Waals surface area contributed by atoms with Crippen molar-refractivity contribution >= 4 is 11.4 Å². The fraction of sp³-hybridized carbons (Fsp3) is 0.600. The van der Waals surface area contributed by atoms with Gasteiger partial charge in [-0.1, -0.05) is 6.92 Å². The topological polar surface area (TPSA) is 38.5 Å². The highest BCUT2D eigenvalue weighted by atomic mass is 16.5. The molecule has 1 aliphatic rings. The summed E-state index contributed by atoms with van der Waals surface area (Å²) in [5.41, 5.74) is 7.89. The van der Waals surface area contributed by atoms with E-state index in [0.717, 1.165) is 30.4 Å². The third kappa shape index (κ3) is 3.09. The molecular formula is C15H24N2O. The largest absolute Gasteiger partial charge is 0.489 e. The monoisotopic (exact) mass is 248 g/mol. The van der Waals surface area contributed by atoms with Gasteiger partial charge >= 0.3 is 0 Å². The summed E-state index contributed by atoms with van der Waals surface area (Å²) >= 11 is 0. The van der Waals surface area contributed by atoms with Gasteiger partial charge in [0.2, 0.25) is 0 Å². The summed E-state index contributed by atoms with van der Waals surface area (Å²) in [6.45, 7) is 8.63. The van der Waals surface area contributed by atoms with Crippen molar-refractivity contribution in [2.45, 2.75) is 39.7 Å². The molecule has 100 valence electrons. The first-order valence-electron chi connectivity index (χ1n) is 6.87. The maximum absolute atomic E-state index is 5.95. The third-order valence-corrected chi connectivity index (χ3v) is 3.51. The number of hydrogen-bond acceptors (Lipinski definition) is 3. The predicted molar refractivity (Wildman–Crippen MR) is 77.2 cm³/mol. The number of nitrogen functional groups attached to an aromatic ring is 1. The van der Waals surface area contributed by atoms with Gasteiger partial charge in [0.15, 0.2) is 0 Å². The normalized spacial score (nSPS) is 17.2. The highest BCUT2D eigenvalue weighted by Crippen LogP contribution is 2.30. The Balaban J connectivity index is 2.13. The van der Waals surface area contributed by atoms with Crippen molar-refractivity contribution in [3.05, 3.63) is 18.2 Å². The van der Waals surface area contributed by atoms with Gasteiger partial charge in [0.1, 0.15) is 5.75 Å². The zero-order valence-corrected chi connectivity index (χ0v) is 11.6. The van der Waals surface area contributed by atoms with Crippen LogP contribution in [0.25, 0.3) is 0 Å². The average Bonchev–Trinajstić information content (AvgIpc) is 2.32. The van der Waals surface area contributed by atoms with Gasteiger partial charge in [-0.25, -0.2) is 0 Å². The quantitative estimate of drug-likeness (QED) is 0.834. The molecule has 0 aromatic heterocycles. The smallest absolute Gasteiger partial charge is 0.144 e. The molecule has 1 saturated heterocycles. The molecule has 0 bridgehead atoms. The molecule has 2 N–H and O–H groups in total. The van der Waals surface area contributed by atoms with Crippen molar-refractivity contribution in [3.8, 4) is 5.75 Å². The standard InChI is InChI=1S/C15H24N2O/c1-11(2)18-15-10-13(4-5-14(15)16)17-8-6-12(3)7-9-17/h4-5,10-12H,6-9,16H2,1-3H3. The Morgan fingerprint density at radius 1 is 1.28 bits per heavy atom. The number of nitrogens with two attached hydrogens (primary N) is 1. The zero-order valence-electron chi connectivity index (χ0n) is 11.6. The van der Waals surface area contributed by atoms with Gasteiger partial charge in [-0.15, -0.1) is 0 Å². The molecule has 1 heterocycles.